The lowest BCUT2D eigenvalue weighted by molar-refractivity contribution is 0.131. The van der Waals surface area contributed by atoms with Crippen LogP contribution in [0.5, 0.6) is 0 Å². The summed E-state index contributed by atoms with van der Waals surface area (Å²) in [5.74, 6) is 0.915. The first-order valence-electron chi connectivity index (χ1n) is 7.53. The van der Waals surface area contributed by atoms with Crippen molar-refractivity contribution in [3.05, 3.63) is 16.1 Å². The third-order valence-corrected chi connectivity index (χ3v) is 5.29. The van der Waals surface area contributed by atoms with Crippen LogP contribution in [-0.4, -0.2) is 31.1 Å². The predicted molar refractivity (Wildman–Crippen MR) is 86.5 cm³/mol. The minimum absolute atomic E-state index is 0.518. The number of nitrogens with zero attached hydrogens (tertiary/aromatic N) is 2. The number of guanidine groups is 1. The van der Waals surface area contributed by atoms with Crippen molar-refractivity contribution in [2.24, 2.45) is 10.4 Å². The lowest BCUT2D eigenvalue weighted by Gasteiger charge is -2.41. The molecule has 1 aliphatic rings. The number of hydrogen-bond acceptors (Lipinski definition) is 3. The van der Waals surface area contributed by atoms with Crippen LogP contribution in [0.25, 0.3) is 0 Å². The maximum atomic E-state index is 4.38. The lowest BCUT2D eigenvalue weighted by Crippen LogP contribution is -2.46. The average molecular weight is 294 g/mol. The van der Waals surface area contributed by atoms with E-state index in [4.69, 9.17) is 0 Å². The third-order valence-electron chi connectivity index (χ3n) is 4.32. The second-order valence-electron chi connectivity index (χ2n) is 5.67. The molecule has 0 aliphatic heterocycles. The fourth-order valence-electron chi connectivity index (χ4n) is 2.63. The first-order chi connectivity index (χ1) is 9.67. The van der Waals surface area contributed by atoms with E-state index < -0.39 is 0 Å². The SMILES string of the molecule is CCC1(CNC(=NC)NCCc2ncc(C)s2)CCC1. The molecule has 0 spiro atoms. The molecule has 0 unspecified atom stereocenters. The average Bonchev–Trinajstić information content (AvgIpc) is 2.81. The van der Waals surface area contributed by atoms with Gasteiger partial charge in [0.2, 0.25) is 0 Å². The van der Waals surface area contributed by atoms with Crippen LogP contribution in [0.15, 0.2) is 11.2 Å². The molecule has 5 heteroatoms. The van der Waals surface area contributed by atoms with Gasteiger partial charge < -0.3 is 10.6 Å². The van der Waals surface area contributed by atoms with Crippen LogP contribution >= 0.6 is 11.3 Å². The molecule has 20 heavy (non-hydrogen) atoms. The first kappa shape index (κ1) is 15.3. The Kier molecular flexibility index (Phi) is 5.40. The van der Waals surface area contributed by atoms with Crippen molar-refractivity contribution in [2.45, 2.75) is 46.0 Å². The summed E-state index contributed by atoms with van der Waals surface area (Å²) in [6, 6.07) is 0. The van der Waals surface area contributed by atoms with Crippen LogP contribution in [0, 0.1) is 12.3 Å². The highest BCUT2D eigenvalue weighted by Crippen LogP contribution is 2.42. The van der Waals surface area contributed by atoms with E-state index in [9.17, 15) is 0 Å². The summed E-state index contributed by atoms with van der Waals surface area (Å²) in [6.07, 6.45) is 8.24. The quantitative estimate of drug-likeness (QED) is 0.626. The summed E-state index contributed by atoms with van der Waals surface area (Å²) in [7, 11) is 1.84. The molecule has 2 N–H and O–H groups in total. The topological polar surface area (TPSA) is 49.3 Å². The molecule has 4 nitrogen and oxygen atoms in total. The van der Waals surface area contributed by atoms with Gasteiger partial charge in [0.25, 0.3) is 0 Å². The summed E-state index contributed by atoms with van der Waals surface area (Å²) in [6.45, 7) is 6.31. The van der Waals surface area contributed by atoms with Crippen molar-refractivity contribution in [2.75, 3.05) is 20.1 Å². The van der Waals surface area contributed by atoms with E-state index in [-0.39, 0.29) is 0 Å². The Morgan fingerprint density at radius 1 is 1.45 bits per heavy atom. The third kappa shape index (κ3) is 3.95. The summed E-state index contributed by atoms with van der Waals surface area (Å²) in [5.41, 5.74) is 0.518. The molecule has 0 atom stereocenters. The molecule has 1 aromatic heterocycles. The van der Waals surface area contributed by atoms with Gasteiger partial charge in [-0.15, -0.1) is 11.3 Å². The molecule has 1 fully saturated rings. The molecule has 0 aromatic carbocycles. The minimum atomic E-state index is 0.518. The molecule has 1 heterocycles. The summed E-state index contributed by atoms with van der Waals surface area (Å²) in [5, 5.41) is 8.04. The van der Waals surface area contributed by atoms with Crippen LogP contribution in [0.2, 0.25) is 0 Å². The van der Waals surface area contributed by atoms with E-state index in [1.807, 2.05) is 13.2 Å². The van der Waals surface area contributed by atoms with Crippen molar-refractivity contribution in [1.29, 1.82) is 0 Å². The monoisotopic (exact) mass is 294 g/mol. The second-order valence-corrected chi connectivity index (χ2v) is 6.99. The molecule has 1 saturated carbocycles. The molecule has 1 aromatic rings. The highest BCUT2D eigenvalue weighted by molar-refractivity contribution is 7.11. The van der Waals surface area contributed by atoms with Gasteiger partial charge in [0.1, 0.15) is 0 Å². The Hall–Kier alpha value is -1.10. The molecule has 0 amide bonds. The van der Waals surface area contributed by atoms with E-state index in [1.54, 1.807) is 11.3 Å². The van der Waals surface area contributed by atoms with E-state index in [2.05, 4.69) is 34.5 Å². The fourth-order valence-corrected chi connectivity index (χ4v) is 3.42. The van der Waals surface area contributed by atoms with Crippen molar-refractivity contribution in [1.82, 2.24) is 15.6 Å². The molecule has 2 rings (SSSR count). The Labute approximate surface area is 126 Å². The van der Waals surface area contributed by atoms with Crippen molar-refractivity contribution in [3.8, 4) is 0 Å². The highest BCUT2D eigenvalue weighted by atomic mass is 32.1. The molecule has 0 radical (unpaired) electrons. The van der Waals surface area contributed by atoms with Gasteiger partial charge in [-0.3, -0.25) is 4.99 Å². The summed E-state index contributed by atoms with van der Waals surface area (Å²) >= 11 is 1.77. The molecule has 112 valence electrons. The van der Waals surface area contributed by atoms with E-state index in [0.29, 0.717) is 5.41 Å². The molecule has 0 saturated heterocycles. The summed E-state index contributed by atoms with van der Waals surface area (Å²) in [4.78, 5) is 9.95. The van der Waals surface area contributed by atoms with Crippen molar-refractivity contribution in [3.63, 3.8) is 0 Å². The number of hydrogen-bond donors (Lipinski definition) is 2. The Balaban J connectivity index is 1.70. The van der Waals surface area contributed by atoms with Gasteiger partial charge in [-0.05, 0) is 31.6 Å². The molecular formula is C15H26N4S. The number of aliphatic imine (C=N–C) groups is 1. The van der Waals surface area contributed by atoms with Gasteiger partial charge in [-0.2, -0.15) is 0 Å². The maximum absolute atomic E-state index is 4.38. The summed E-state index contributed by atoms with van der Waals surface area (Å²) < 4.78 is 0. The van der Waals surface area contributed by atoms with E-state index in [0.717, 1.165) is 25.5 Å². The largest absolute Gasteiger partial charge is 0.356 e. The number of thiazole rings is 1. The smallest absolute Gasteiger partial charge is 0.191 e. The van der Waals surface area contributed by atoms with Gasteiger partial charge in [0.05, 0.1) is 5.01 Å². The number of rotatable bonds is 6. The second kappa shape index (κ2) is 7.07. The van der Waals surface area contributed by atoms with Crippen LogP contribution < -0.4 is 10.6 Å². The van der Waals surface area contributed by atoms with Crippen LogP contribution in [-0.2, 0) is 6.42 Å². The zero-order valence-electron chi connectivity index (χ0n) is 12.8. The van der Waals surface area contributed by atoms with Crippen molar-refractivity contribution < 1.29 is 0 Å². The Morgan fingerprint density at radius 2 is 2.25 bits per heavy atom. The van der Waals surface area contributed by atoms with Gasteiger partial charge in [0, 0.05) is 37.6 Å². The van der Waals surface area contributed by atoms with Gasteiger partial charge in [0.15, 0.2) is 5.96 Å². The zero-order chi connectivity index (χ0) is 14.4. The lowest BCUT2D eigenvalue weighted by atomic mass is 9.67. The van der Waals surface area contributed by atoms with Crippen LogP contribution in [0.3, 0.4) is 0 Å². The van der Waals surface area contributed by atoms with Crippen molar-refractivity contribution >= 4 is 17.3 Å². The molecule has 1 aliphatic carbocycles. The number of aryl methyl sites for hydroxylation is 1. The van der Waals surface area contributed by atoms with Gasteiger partial charge in [-0.1, -0.05) is 13.3 Å². The first-order valence-corrected chi connectivity index (χ1v) is 8.35. The normalized spacial score (nSPS) is 17.6. The van der Waals surface area contributed by atoms with E-state index in [1.165, 1.54) is 35.6 Å². The highest BCUT2D eigenvalue weighted by Gasteiger charge is 2.34. The predicted octanol–water partition coefficient (Wildman–Crippen LogP) is 2.74. The van der Waals surface area contributed by atoms with Gasteiger partial charge in [-0.25, -0.2) is 4.98 Å². The van der Waals surface area contributed by atoms with Gasteiger partial charge >= 0.3 is 0 Å². The Bertz CT molecular complexity index is 443. The minimum Gasteiger partial charge on any atom is -0.356 e. The van der Waals surface area contributed by atoms with E-state index >= 15 is 0 Å². The number of aromatic nitrogens is 1. The molecular weight excluding hydrogens is 268 g/mol. The van der Waals surface area contributed by atoms with Crippen LogP contribution in [0.4, 0.5) is 0 Å². The molecule has 0 bridgehead atoms. The maximum Gasteiger partial charge on any atom is 0.191 e. The zero-order valence-corrected chi connectivity index (χ0v) is 13.6. The standard InChI is InChI=1S/C15H26N4S/c1-4-15(7-5-8-15)11-19-14(16-3)17-9-6-13-18-10-12(2)20-13/h10H,4-9,11H2,1-3H3,(H2,16,17,19). The Morgan fingerprint density at radius 3 is 2.75 bits per heavy atom. The van der Waals surface area contributed by atoms with Crippen LogP contribution in [0.1, 0.15) is 42.5 Å². The fraction of sp³-hybridized carbons (Fsp3) is 0.733. The number of nitrogens with one attached hydrogen (secondary N) is 2.